The minimum absolute atomic E-state index is 0. The highest BCUT2D eigenvalue weighted by atomic mass is 127. The van der Waals surface area contributed by atoms with Crippen LogP contribution in [-0.2, 0) is 10.0 Å². The number of rotatable bonds is 5. The van der Waals surface area contributed by atoms with Gasteiger partial charge in [-0.05, 0) is 72.1 Å². The number of sulfonamides is 1. The SMILES string of the molecule is COc1ccc(NS(=O)(=O)c2ccc(I)cc2)cc1N1CCN(C)CC1.Cl. The van der Waals surface area contributed by atoms with Crippen LogP contribution < -0.4 is 14.4 Å². The van der Waals surface area contributed by atoms with Crippen molar-refractivity contribution >= 4 is 56.4 Å². The molecule has 0 aromatic heterocycles. The van der Waals surface area contributed by atoms with Gasteiger partial charge in [0.2, 0.25) is 0 Å². The van der Waals surface area contributed by atoms with Gasteiger partial charge in [0.15, 0.2) is 0 Å². The maximum atomic E-state index is 12.6. The normalized spacial score (nSPS) is 15.1. The molecule has 3 rings (SSSR count). The van der Waals surface area contributed by atoms with E-state index in [4.69, 9.17) is 4.74 Å². The number of hydrogen-bond acceptors (Lipinski definition) is 5. The van der Waals surface area contributed by atoms with Crippen LogP contribution in [0.1, 0.15) is 0 Å². The van der Waals surface area contributed by atoms with Crippen LogP contribution >= 0.6 is 35.0 Å². The van der Waals surface area contributed by atoms with E-state index in [9.17, 15) is 8.42 Å². The Morgan fingerprint density at radius 2 is 1.67 bits per heavy atom. The molecule has 6 nitrogen and oxygen atoms in total. The van der Waals surface area contributed by atoms with E-state index in [1.807, 2.05) is 6.07 Å². The van der Waals surface area contributed by atoms with Crippen molar-refractivity contribution in [3.05, 3.63) is 46.0 Å². The van der Waals surface area contributed by atoms with E-state index < -0.39 is 10.0 Å². The summed E-state index contributed by atoms with van der Waals surface area (Å²) >= 11 is 2.15. The van der Waals surface area contributed by atoms with Crippen molar-refractivity contribution in [1.29, 1.82) is 0 Å². The summed E-state index contributed by atoms with van der Waals surface area (Å²) in [6.45, 7) is 3.67. The lowest BCUT2D eigenvalue weighted by atomic mass is 10.2. The molecular formula is C18H23ClIN3O3S. The van der Waals surface area contributed by atoms with E-state index in [2.05, 4.69) is 44.2 Å². The van der Waals surface area contributed by atoms with E-state index in [1.165, 1.54) is 0 Å². The Kier molecular flexibility index (Phi) is 7.61. The molecule has 2 aromatic carbocycles. The fourth-order valence-corrected chi connectivity index (χ4v) is 4.28. The standard InChI is InChI=1S/C18H22IN3O3S.ClH/c1-21-9-11-22(12-10-21)17-13-15(5-8-18(17)25-2)20-26(23,24)16-6-3-14(19)4-7-16;/h3-8,13,20H,9-12H2,1-2H3;1H. The highest BCUT2D eigenvalue weighted by Crippen LogP contribution is 2.32. The number of likely N-dealkylation sites (N-methyl/N-ethyl adjacent to an activating group) is 1. The molecule has 1 heterocycles. The van der Waals surface area contributed by atoms with Gasteiger partial charge in [-0.15, -0.1) is 12.4 Å². The van der Waals surface area contributed by atoms with Crippen LogP contribution in [0.2, 0.25) is 0 Å². The van der Waals surface area contributed by atoms with Crippen LogP contribution in [-0.4, -0.2) is 53.7 Å². The number of nitrogens with zero attached hydrogens (tertiary/aromatic N) is 2. The third-order valence-corrected chi connectivity index (χ3v) is 6.52. The Labute approximate surface area is 180 Å². The third-order valence-electron chi connectivity index (χ3n) is 4.40. The predicted octanol–water partition coefficient (Wildman–Crippen LogP) is 3.27. The molecule has 1 aliphatic rings. The Bertz CT molecular complexity index is 870. The summed E-state index contributed by atoms with van der Waals surface area (Å²) in [7, 11) is 0.0999. The molecule has 27 heavy (non-hydrogen) atoms. The van der Waals surface area contributed by atoms with Gasteiger partial charge < -0.3 is 14.5 Å². The molecule has 0 aliphatic carbocycles. The summed E-state index contributed by atoms with van der Waals surface area (Å²) < 4.78 is 34.4. The Morgan fingerprint density at radius 1 is 1.04 bits per heavy atom. The molecule has 1 aliphatic heterocycles. The molecule has 0 atom stereocenters. The van der Waals surface area contributed by atoms with Gasteiger partial charge in [0.25, 0.3) is 10.0 Å². The largest absolute Gasteiger partial charge is 0.495 e. The van der Waals surface area contributed by atoms with Gasteiger partial charge in [-0.2, -0.15) is 0 Å². The number of benzene rings is 2. The molecular weight excluding hydrogens is 501 g/mol. The van der Waals surface area contributed by atoms with Crippen molar-refractivity contribution in [1.82, 2.24) is 4.90 Å². The van der Waals surface area contributed by atoms with Crippen LogP contribution in [0.4, 0.5) is 11.4 Å². The fraction of sp³-hybridized carbons (Fsp3) is 0.333. The zero-order valence-electron chi connectivity index (χ0n) is 15.2. The quantitative estimate of drug-likeness (QED) is 0.610. The fourth-order valence-electron chi connectivity index (χ4n) is 2.88. The maximum absolute atomic E-state index is 12.6. The molecule has 0 saturated carbocycles. The predicted molar refractivity (Wildman–Crippen MR) is 120 cm³/mol. The van der Waals surface area contributed by atoms with Crippen molar-refractivity contribution in [2.24, 2.45) is 0 Å². The van der Waals surface area contributed by atoms with Crippen molar-refractivity contribution in [2.75, 3.05) is 50.0 Å². The minimum atomic E-state index is -3.63. The second-order valence-electron chi connectivity index (χ2n) is 6.24. The summed E-state index contributed by atoms with van der Waals surface area (Å²) in [5.41, 5.74) is 1.43. The van der Waals surface area contributed by atoms with Crippen molar-refractivity contribution < 1.29 is 13.2 Å². The molecule has 9 heteroatoms. The molecule has 0 amide bonds. The van der Waals surface area contributed by atoms with Gasteiger partial charge in [0.1, 0.15) is 5.75 Å². The average molecular weight is 524 g/mol. The van der Waals surface area contributed by atoms with Crippen LogP contribution in [0.15, 0.2) is 47.4 Å². The van der Waals surface area contributed by atoms with Crippen LogP contribution in [0, 0.1) is 3.57 Å². The van der Waals surface area contributed by atoms with Gasteiger partial charge in [-0.3, -0.25) is 4.72 Å². The Balaban J connectivity index is 0.00000261. The van der Waals surface area contributed by atoms with Gasteiger partial charge in [-0.1, -0.05) is 0 Å². The molecule has 1 saturated heterocycles. The second kappa shape index (κ2) is 9.31. The number of piperazine rings is 1. The molecule has 1 N–H and O–H groups in total. The van der Waals surface area contributed by atoms with E-state index in [1.54, 1.807) is 43.5 Å². The first-order valence-corrected chi connectivity index (χ1v) is 10.8. The van der Waals surface area contributed by atoms with E-state index in [-0.39, 0.29) is 17.3 Å². The van der Waals surface area contributed by atoms with Crippen LogP contribution in [0.5, 0.6) is 5.75 Å². The summed E-state index contributed by atoms with van der Waals surface area (Å²) in [5.74, 6) is 0.742. The maximum Gasteiger partial charge on any atom is 0.261 e. The number of anilines is 2. The number of ether oxygens (including phenoxy) is 1. The van der Waals surface area contributed by atoms with Gasteiger partial charge >= 0.3 is 0 Å². The lowest BCUT2D eigenvalue weighted by Crippen LogP contribution is -2.44. The van der Waals surface area contributed by atoms with E-state index >= 15 is 0 Å². The monoisotopic (exact) mass is 523 g/mol. The van der Waals surface area contributed by atoms with Gasteiger partial charge in [-0.25, -0.2) is 8.42 Å². The first-order chi connectivity index (χ1) is 12.4. The van der Waals surface area contributed by atoms with Gasteiger partial charge in [0.05, 0.1) is 23.4 Å². The number of nitrogens with one attached hydrogen (secondary N) is 1. The molecule has 0 spiro atoms. The van der Waals surface area contributed by atoms with Crippen molar-refractivity contribution in [3.63, 3.8) is 0 Å². The van der Waals surface area contributed by atoms with E-state index in [0.717, 1.165) is 41.2 Å². The van der Waals surface area contributed by atoms with Crippen molar-refractivity contribution in [3.8, 4) is 5.75 Å². The minimum Gasteiger partial charge on any atom is -0.495 e. The molecule has 2 aromatic rings. The number of halogens is 2. The molecule has 1 fully saturated rings. The lowest BCUT2D eigenvalue weighted by Gasteiger charge is -2.35. The summed E-state index contributed by atoms with van der Waals surface area (Å²) in [6.07, 6.45) is 0. The molecule has 0 unspecified atom stereocenters. The second-order valence-corrected chi connectivity index (χ2v) is 9.16. The molecule has 0 radical (unpaired) electrons. The number of methoxy groups -OCH3 is 1. The van der Waals surface area contributed by atoms with Crippen molar-refractivity contribution in [2.45, 2.75) is 4.90 Å². The smallest absolute Gasteiger partial charge is 0.261 e. The summed E-state index contributed by atoms with van der Waals surface area (Å²) in [6, 6.07) is 12.1. The van der Waals surface area contributed by atoms with Crippen LogP contribution in [0.3, 0.4) is 0 Å². The molecule has 148 valence electrons. The highest BCUT2D eigenvalue weighted by Gasteiger charge is 2.20. The molecule has 0 bridgehead atoms. The summed E-state index contributed by atoms with van der Waals surface area (Å²) in [4.78, 5) is 4.74. The first-order valence-electron chi connectivity index (χ1n) is 8.29. The third kappa shape index (κ3) is 5.40. The zero-order chi connectivity index (χ0) is 18.7. The number of hydrogen-bond donors (Lipinski definition) is 1. The lowest BCUT2D eigenvalue weighted by molar-refractivity contribution is 0.311. The van der Waals surface area contributed by atoms with E-state index in [0.29, 0.717) is 5.69 Å². The zero-order valence-corrected chi connectivity index (χ0v) is 19.0. The topological polar surface area (TPSA) is 61.9 Å². The Morgan fingerprint density at radius 3 is 2.26 bits per heavy atom. The average Bonchev–Trinajstić information content (AvgIpc) is 2.62. The first kappa shape index (κ1) is 22.1. The summed E-state index contributed by atoms with van der Waals surface area (Å²) in [5, 5.41) is 0. The van der Waals surface area contributed by atoms with Gasteiger partial charge in [0, 0.05) is 29.7 Å². The highest BCUT2D eigenvalue weighted by molar-refractivity contribution is 14.1. The Hall–Kier alpha value is -1.23. The van der Waals surface area contributed by atoms with Crippen LogP contribution in [0.25, 0.3) is 0 Å².